The Kier molecular flexibility index (Phi) is 8.00. The van der Waals surface area contributed by atoms with Gasteiger partial charge in [0.2, 0.25) is 5.91 Å². The smallest absolute Gasteiger partial charge is 0.217 e. The SMILES string of the molecule is CCNC(=NCC1(N2CCCCC2)CCCCC1)N1CCCC(CC(N)=O)C1. The molecule has 2 heterocycles. The van der Waals surface area contributed by atoms with Gasteiger partial charge in [-0.25, -0.2) is 0 Å². The Morgan fingerprint density at radius 1 is 1.07 bits per heavy atom. The van der Waals surface area contributed by atoms with Crippen LogP contribution in [0.2, 0.25) is 0 Å². The highest BCUT2D eigenvalue weighted by Crippen LogP contribution is 2.36. The highest BCUT2D eigenvalue weighted by atomic mass is 16.1. The lowest BCUT2D eigenvalue weighted by atomic mass is 9.79. The number of carbonyl (C=O) groups excluding carboxylic acids is 1. The normalized spacial score (nSPS) is 26.8. The van der Waals surface area contributed by atoms with Crippen molar-refractivity contribution in [1.29, 1.82) is 0 Å². The summed E-state index contributed by atoms with van der Waals surface area (Å²) in [6.07, 6.45) is 13.4. The first-order valence-corrected chi connectivity index (χ1v) is 11.7. The van der Waals surface area contributed by atoms with Crippen molar-refractivity contribution >= 4 is 11.9 Å². The first kappa shape index (κ1) is 21.4. The highest BCUT2D eigenvalue weighted by molar-refractivity contribution is 5.80. The van der Waals surface area contributed by atoms with Crippen molar-refractivity contribution in [2.45, 2.75) is 83.1 Å². The van der Waals surface area contributed by atoms with E-state index in [1.54, 1.807) is 0 Å². The second-order valence-corrected chi connectivity index (χ2v) is 9.13. The van der Waals surface area contributed by atoms with Crippen molar-refractivity contribution < 1.29 is 4.79 Å². The van der Waals surface area contributed by atoms with E-state index < -0.39 is 0 Å². The largest absolute Gasteiger partial charge is 0.370 e. The Hall–Kier alpha value is -1.30. The third-order valence-corrected chi connectivity index (χ3v) is 6.98. The van der Waals surface area contributed by atoms with Crippen LogP contribution in [0.15, 0.2) is 4.99 Å². The lowest BCUT2D eigenvalue weighted by Crippen LogP contribution is -2.55. The van der Waals surface area contributed by atoms with Crippen molar-refractivity contribution in [2.24, 2.45) is 16.6 Å². The zero-order chi connectivity index (χ0) is 19.8. The molecule has 1 atom stereocenters. The van der Waals surface area contributed by atoms with Crippen LogP contribution in [0, 0.1) is 5.92 Å². The summed E-state index contributed by atoms with van der Waals surface area (Å²) in [6, 6.07) is 0. The fraction of sp³-hybridized carbons (Fsp3) is 0.909. The standard InChI is InChI=1S/C22H41N5O/c1-2-24-21(26-13-9-10-19(17-26)16-20(23)28)25-18-22(11-5-3-6-12-22)27-14-7-4-8-15-27/h19H,2-18H2,1H3,(H2,23,28)(H,24,25). The summed E-state index contributed by atoms with van der Waals surface area (Å²) in [4.78, 5) is 21.7. The Morgan fingerprint density at radius 3 is 2.46 bits per heavy atom. The first-order valence-electron chi connectivity index (χ1n) is 11.7. The van der Waals surface area contributed by atoms with Crippen molar-refractivity contribution in [2.75, 3.05) is 39.3 Å². The maximum absolute atomic E-state index is 11.4. The molecule has 3 aliphatic rings. The highest BCUT2D eigenvalue weighted by Gasteiger charge is 2.38. The molecular formula is C22H41N5O. The summed E-state index contributed by atoms with van der Waals surface area (Å²) in [5.74, 6) is 1.22. The Balaban J connectivity index is 1.71. The number of likely N-dealkylation sites (tertiary alicyclic amines) is 2. The van der Waals surface area contributed by atoms with Gasteiger partial charge in [-0.15, -0.1) is 0 Å². The van der Waals surface area contributed by atoms with Crippen molar-refractivity contribution in [3.63, 3.8) is 0 Å². The van der Waals surface area contributed by atoms with E-state index in [0.717, 1.165) is 45.0 Å². The predicted octanol–water partition coefficient (Wildman–Crippen LogP) is 2.73. The molecule has 3 rings (SSSR count). The van der Waals surface area contributed by atoms with E-state index in [4.69, 9.17) is 10.7 Å². The maximum Gasteiger partial charge on any atom is 0.217 e. The maximum atomic E-state index is 11.4. The molecule has 0 bridgehead atoms. The zero-order valence-electron chi connectivity index (χ0n) is 17.9. The molecule has 0 aromatic heterocycles. The van der Waals surface area contributed by atoms with E-state index in [0.29, 0.717) is 12.3 Å². The van der Waals surface area contributed by atoms with E-state index in [1.807, 2.05) is 0 Å². The quantitative estimate of drug-likeness (QED) is 0.539. The average molecular weight is 392 g/mol. The minimum Gasteiger partial charge on any atom is -0.370 e. The molecule has 1 unspecified atom stereocenters. The number of nitrogens with one attached hydrogen (secondary N) is 1. The van der Waals surface area contributed by atoms with Gasteiger partial charge in [-0.2, -0.15) is 0 Å². The molecule has 3 N–H and O–H groups in total. The van der Waals surface area contributed by atoms with Gasteiger partial charge in [0, 0.05) is 31.6 Å². The van der Waals surface area contributed by atoms with Gasteiger partial charge < -0.3 is 16.0 Å². The van der Waals surface area contributed by atoms with Crippen LogP contribution in [-0.4, -0.2) is 66.5 Å². The van der Waals surface area contributed by atoms with Crippen LogP contribution in [0.3, 0.4) is 0 Å². The summed E-state index contributed by atoms with van der Waals surface area (Å²) >= 11 is 0. The van der Waals surface area contributed by atoms with E-state index in [9.17, 15) is 4.79 Å². The number of nitrogens with zero attached hydrogens (tertiary/aromatic N) is 3. The number of amides is 1. The topological polar surface area (TPSA) is 74.0 Å². The van der Waals surface area contributed by atoms with Gasteiger partial charge in [-0.05, 0) is 64.5 Å². The monoisotopic (exact) mass is 391 g/mol. The minimum atomic E-state index is -0.181. The summed E-state index contributed by atoms with van der Waals surface area (Å²) in [7, 11) is 0. The van der Waals surface area contributed by atoms with Crippen LogP contribution < -0.4 is 11.1 Å². The van der Waals surface area contributed by atoms with Crippen LogP contribution in [-0.2, 0) is 4.79 Å². The van der Waals surface area contributed by atoms with Crippen LogP contribution in [0.4, 0.5) is 0 Å². The molecule has 28 heavy (non-hydrogen) atoms. The van der Waals surface area contributed by atoms with E-state index >= 15 is 0 Å². The molecule has 0 aromatic carbocycles. The number of hydrogen-bond donors (Lipinski definition) is 2. The molecule has 160 valence electrons. The number of piperidine rings is 2. The molecule has 6 nitrogen and oxygen atoms in total. The van der Waals surface area contributed by atoms with Crippen molar-refractivity contribution in [3.8, 4) is 0 Å². The summed E-state index contributed by atoms with van der Waals surface area (Å²) in [5.41, 5.74) is 5.72. The van der Waals surface area contributed by atoms with Gasteiger partial charge in [0.1, 0.15) is 0 Å². The fourth-order valence-corrected chi connectivity index (χ4v) is 5.51. The molecule has 2 saturated heterocycles. The lowest BCUT2D eigenvalue weighted by Gasteiger charge is -2.47. The Bertz CT molecular complexity index is 523. The van der Waals surface area contributed by atoms with Crippen LogP contribution in [0.1, 0.15) is 77.6 Å². The van der Waals surface area contributed by atoms with E-state index in [2.05, 4.69) is 22.0 Å². The number of aliphatic imine (C=N–C) groups is 1. The van der Waals surface area contributed by atoms with E-state index in [1.165, 1.54) is 64.5 Å². The molecule has 0 radical (unpaired) electrons. The molecule has 1 aliphatic carbocycles. The van der Waals surface area contributed by atoms with Gasteiger partial charge in [0.05, 0.1) is 6.54 Å². The number of primary amides is 1. The lowest BCUT2D eigenvalue weighted by molar-refractivity contribution is -0.119. The second kappa shape index (κ2) is 10.5. The van der Waals surface area contributed by atoms with Gasteiger partial charge in [0.15, 0.2) is 5.96 Å². The van der Waals surface area contributed by atoms with Gasteiger partial charge in [0.25, 0.3) is 0 Å². The Labute approximate surface area is 171 Å². The van der Waals surface area contributed by atoms with Gasteiger partial charge in [-0.1, -0.05) is 25.7 Å². The summed E-state index contributed by atoms with van der Waals surface area (Å²) in [6.45, 7) is 8.34. The summed E-state index contributed by atoms with van der Waals surface area (Å²) in [5, 5.41) is 3.53. The number of guanidine groups is 1. The zero-order valence-corrected chi connectivity index (χ0v) is 17.9. The van der Waals surface area contributed by atoms with Crippen molar-refractivity contribution in [3.05, 3.63) is 0 Å². The Morgan fingerprint density at radius 2 is 1.79 bits per heavy atom. The molecule has 3 fully saturated rings. The molecule has 6 heteroatoms. The van der Waals surface area contributed by atoms with Crippen molar-refractivity contribution in [1.82, 2.24) is 15.1 Å². The second-order valence-electron chi connectivity index (χ2n) is 9.13. The van der Waals surface area contributed by atoms with Gasteiger partial charge >= 0.3 is 0 Å². The first-order chi connectivity index (χ1) is 13.6. The number of rotatable bonds is 6. The molecule has 1 saturated carbocycles. The predicted molar refractivity (Wildman–Crippen MR) is 115 cm³/mol. The van der Waals surface area contributed by atoms with Crippen LogP contribution >= 0.6 is 0 Å². The summed E-state index contributed by atoms with van der Waals surface area (Å²) < 4.78 is 0. The average Bonchev–Trinajstić information content (AvgIpc) is 2.72. The van der Waals surface area contributed by atoms with Gasteiger partial charge in [-0.3, -0.25) is 14.7 Å². The number of hydrogen-bond acceptors (Lipinski definition) is 3. The molecule has 2 aliphatic heterocycles. The molecular weight excluding hydrogens is 350 g/mol. The van der Waals surface area contributed by atoms with Crippen LogP contribution in [0.25, 0.3) is 0 Å². The number of nitrogens with two attached hydrogens (primary N) is 1. The number of carbonyl (C=O) groups is 1. The third kappa shape index (κ3) is 5.62. The molecule has 0 spiro atoms. The minimum absolute atomic E-state index is 0.181. The molecule has 0 aromatic rings. The van der Waals surface area contributed by atoms with E-state index in [-0.39, 0.29) is 11.4 Å². The third-order valence-electron chi connectivity index (χ3n) is 6.98. The fourth-order valence-electron chi connectivity index (χ4n) is 5.51. The molecule has 1 amide bonds. The van der Waals surface area contributed by atoms with Crippen LogP contribution in [0.5, 0.6) is 0 Å².